The summed E-state index contributed by atoms with van der Waals surface area (Å²) < 4.78 is 5.35. The van der Waals surface area contributed by atoms with Gasteiger partial charge in [0.25, 0.3) is 0 Å². The van der Waals surface area contributed by atoms with E-state index in [1.54, 1.807) is 12.5 Å². The van der Waals surface area contributed by atoms with E-state index in [1.165, 1.54) is 0 Å². The highest BCUT2D eigenvalue weighted by Gasteiger charge is 2.11. The first-order valence-electron chi connectivity index (χ1n) is 5.72. The molecule has 0 saturated heterocycles. The molecule has 3 nitrogen and oxygen atoms in total. The Hall–Kier alpha value is -1.74. The topological polar surface area (TPSA) is 28.7 Å². The molecular weight excluding hydrogens is 248 g/mol. The lowest BCUT2D eigenvalue weighted by Crippen LogP contribution is -2.15. The molecule has 0 fully saturated rings. The lowest BCUT2D eigenvalue weighted by Gasteiger charge is -2.19. The third-order valence-corrected chi connectivity index (χ3v) is 3.03. The van der Waals surface area contributed by atoms with E-state index in [0.717, 1.165) is 16.3 Å². The second-order valence-corrected chi connectivity index (χ2v) is 4.50. The first-order chi connectivity index (χ1) is 8.66. The standard InChI is InChI=1S/C14H15ClN2O/c1-11(14-4-3-9-18-14)17(2)16-10-12-5-7-13(15)8-6-12/h3-11H,1-2H3/b16-10+. The summed E-state index contributed by atoms with van der Waals surface area (Å²) in [6, 6.07) is 11.5. The van der Waals surface area contributed by atoms with E-state index in [1.807, 2.05) is 55.4 Å². The van der Waals surface area contributed by atoms with Crippen LogP contribution in [0.5, 0.6) is 0 Å². The molecule has 0 aliphatic carbocycles. The molecule has 1 unspecified atom stereocenters. The molecule has 1 aromatic heterocycles. The maximum Gasteiger partial charge on any atom is 0.127 e. The first kappa shape index (κ1) is 12.7. The van der Waals surface area contributed by atoms with Crippen LogP contribution in [0, 0.1) is 0 Å². The second-order valence-electron chi connectivity index (χ2n) is 4.06. The van der Waals surface area contributed by atoms with E-state index in [-0.39, 0.29) is 6.04 Å². The predicted octanol–water partition coefficient (Wildman–Crippen LogP) is 3.96. The van der Waals surface area contributed by atoms with Crippen LogP contribution >= 0.6 is 11.6 Å². The van der Waals surface area contributed by atoms with Crippen LogP contribution in [0.1, 0.15) is 24.3 Å². The molecule has 0 saturated carbocycles. The molecule has 0 aliphatic rings. The Balaban J connectivity index is 2.02. The molecule has 0 aliphatic heterocycles. The molecule has 1 aromatic carbocycles. The first-order valence-corrected chi connectivity index (χ1v) is 6.10. The minimum absolute atomic E-state index is 0.101. The summed E-state index contributed by atoms with van der Waals surface area (Å²) >= 11 is 5.83. The van der Waals surface area contributed by atoms with E-state index in [4.69, 9.17) is 16.0 Å². The van der Waals surface area contributed by atoms with E-state index >= 15 is 0 Å². The number of furan rings is 1. The Kier molecular flexibility index (Phi) is 4.05. The third kappa shape index (κ3) is 3.14. The van der Waals surface area contributed by atoms with Crippen molar-refractivity contribution in [3.63, 3.8) is 0 Å². The van der Waals surface area contributed by atoms with Crippen LogP contribution in [0.3, 0.4) is 0 Å². The number of hydrazone groups is 1. The molecule has 1 atom stereocenters. The van der Waals surface area contributed by atoms with Crippen molar-refractivity contribution in [3.05, 3.63) is 59.0 Å². The second kappa shape index (κ2) is 5.74. The minimum atomic E-state index is 0.101. The van der Waals surface area contributed by atoms with Crippen LogP contribution in [0.25, 0.3) is 0 Å². The van der Waals surface area contributed by atoms with Crippen molar-refractivity contribution in [2.24, 2.45) is 5.10 Å². The maximum absolute atomic E-state index is 5.83. The van der Waals surface area contributed by atoms with Crippen LogP contribution in [-0.2, 0) is 0 Å². The highest BCUT2D eigenvalue weighted by molar-refractivity contribution is 6.30. The van der Waals surface area contributed by atoms with E-state index in [0.29, 0.717) is 0 Å². The molecular formula is C14H15ClN2O. The quantitative estimate of drug-likeness (QED) is 0.616. The van der Waals surface area contributed by atoms with Crippen molar-refractivity contribution in [1.29, 1.82) is 0 Å². The SMILES string of the molecule is CC(c1ccco1)N(C)/N=C/c1ccc(Cl)cc1. The molecule has 0 spiro atoms. The summed E-state index contributed by atoms with van der Waals surface area (Å²) in [7, 11) is 1.92. The van der Waals surface area contributed by atoms with Crippen molar-refractivity contribution in [2.75, 3.05) is 7.05 Å². The molecule has 0 bridgehead atoms. The molecule has 0 amide bonds. The fourth-order valence-corrected chi connectivity index (χ4v) is 1.65. The van der Waals surface area contributed by atoms with Gasteiger partial charge in [-0.1, -0.05) is 23.7 Å². The van der Waals surface area contributed by atoms with Gasteiger partial charge >= 0.3 is 0 Å². The molecule has 94 valence electrons. The van der Waals surface area contributed by atoms with Gasteiger partial charge in [-0.15, -0.1) is 0 Å². The number of hydrogen-bond donors (Lipinski definition) is 0. The van der Waals surface area contributed by atoms with E-state index < -0.39 is 0 Å². The van der Waals surface area contributed by atoms with Crippen LogP contribution in [0.15, 0.2) is 52.2 Å². The van der Waals surface area contributed by atoms with Crippen LogP contribution < -0.4 is 0 Å². The number of rotatable bonds is 4. The van der Waals surface area contributed by atoms with Crippen molar-refractivity contribution >= 4 is 17.8 Å². The molecule has 2 rings (SSSR count). The largest absolute Gasteiger partial charge is 0.467 e. The highest BCUT2D eigenvalue weighted by atomic mass is 35.5. The van der Waals surface area contributed by atoms with Gasteiger partial charge in [-0.3, -0.25) is 5.01 Å². The molecule has 4 heteroatoms. The maximum atomic E-state index is 5.83. The van der Waals surface area contributed by atoms with Gasteiger partial charge in [0.05, 0.1) is 12.5 Å². The lowest BCUT2D eigenvalue weighted by atomic mass is 10.2. The number of nitrogens with zero attached hydrogens (tertiary/aromatic N) is 2. The van der Waals surface area contributed by atoms with Gasteiger partial charge in [0.2, 0.25) is 0 Å². The minimum Gasteiger partial charge on any atom is -0.467 e. The zero-order valence-corrected chi connectivity index (χ0v) is 11.1. The summed E-state index contributed by atoms with van der Waals surface area (Å²) in [6.45, 7) is 2.04. The smallest absolute Gasteiger partial charge is 0.127 e. The Bertz CT molecular complexity index is 505. The van der Waals surface area contributed by atoms with Crippen molar-refractivity contribution in [2.45, 2.75) is 13.0 Å². The van der Waals surface area contributed by atoms with Gasteiger partial charge in [-0.2, -0.15) is 5.10 Å². The van der Waals surface area contributed by atoms with E-state index in [9.17, 15) is 0 Å². The number of hydrogen-bond acceptors (Lipinski definition) is 3. The van der Waals surface area contributed by atoms with E-state index in [2.05, 4.69) is 5.10 Å². The average Bonchev–Trinajstić information content (AvgIpc) is 2.90. The molecule has 0 N–H and O–H groups in total. The summed E-state index contributed by atoms with van der Waals surface area (Å²) in [5.74, 6) is 0.894. The van der Waals surface area contributed by atoms with Gasteiger partial charge in [0, 0.05) is 12.1 Å². The molecule has 1 heterocycles. The fraction of sp³-hybridized carbons (Fsp3) is 0.214. The third-order valence-electron chi connectivity index (χ3n) is 2.77. The van der Waals surface area contributed by atoms with Crippen LogP contribution in [0.4, 0.5) is 0 Å². The van der Waals surface area contributed by atoms with Crippen LogP contribution in [-0.4, -0.2) is 18.3 Å². The predicted molar refractivity (Wildman–Crippen MR) is 73.9 cm³/mol. The van der Waals surface area contributed by atoms with Crippen molar-refractivity contribution in [3.8, 4) is 0 Å². The van der Waals surface area contributed by atoms with Gasteiger partial charge < -0.3 is 4.42 Å². The lowest BCUT2D eigenvalue weighted by molar-refractivity contribution is 0.242. The van der Waals surface area contributed by atoms with Gasteiger partial charge in [-0.05, 0) is 36.8 Å². The summed E-state index contributed by atoms with van der Waals surface area (Å²) in [5, 5.41) is 6.97. The zero-order valence-electron chi connectivity index (χ0n) is 10.4. The number of halogens is 1. The molecule has 0 radical (unpaired) electrons. The van der Waals surface area contributed by atoms with Crippen molar-refractivity contribution < 1.29 is 4.42 Å². The fourth-order valence-electron chi connectivity index (χ4n) is 1.52. The summed E-state index contributed by atoms with van der Waals surface area (Å²) in [6.07, 6.45) is 3.47. The summed E-state index contributed by atoms with van der Waals surface area (Å²) in [5.41, 5.74) is 1.01. The Morgan fingerprint density at radius 2 is 2.00 bits per heavy atom. The van der Waals surface area contributed by atoms with Gasteiger partial charge in [-0.25, -0.2) is 0 Å². The zero-order chi connectivity index (χ0) is 13.0. The average molecular weight is 263 g/mol. The monoisotopic (exact) mass is 262 g/mol. The summed E-state index contributed by atoms with van der Waals surface area (Å²) in [4.78, 5) is 0. The van der Waals surface area contributed by atoms with Gasteiger partial charge in [0.1, 0.15) is 11.8 Å². The highest BCUT2D eigenvalue weighted by Crippen LogP contribution is 2.18. The van der Waals surface area contributed by atoms with Gasteiger partial charge in [0.15, 0.2) is 0 Å². The Morgan fingerprint density at radius 3 is 2.61 bits per heavy atom. The molecule has 18 heavy (non-hydrogen) atoms. The Labute approximate surface area is 112 Å². The molecule has 2 aromatic rings. The van der Waals surface area contributed by atoms with Crippen LogP contribution in [0.2, 0.25) is 5.02 Å². The van der Waals surface area contributed by atoms with Crippen molar-refractivity contribution in [1.82, 2.24) is 5.01 Å². The number of benzene rings is 1. The Morgan fingerprint density at radius 1 is 1.28 bits per heavy atom. The normalized spacial score (nSPS) is 12.8.